The minimum atomic E-state index is -1.13. The number of hydrogen-bond acceptors (Lipinski definition) is 7. The zero-order valence-corrected chi connectivity index (χ0v) is 17.8. The summed E-state index contributed by atoms with van der Waals surface area (Å²) < 4.78 is 18.1. The third kappa shape index (κ3) is 4.35. The van der Waals surface area contributed by atoms with E-state index < -0.39 is 17.6 Å². The van der Waals surface area contributed by atoms with Crippen molar-refractivity contribution in [3.8, 4) is 16.9 Å². The molecular weight excluding hydrogens is 410 g/mol. The molecule has 166 valence electrons. The molecule has 0 amide bonds. The van der Waals surface area contributed by atoms with Gasteiger partial charge in [0.25, 0.3) is 0 Å². The lowest BCUT2D eigenvalue weighted by molar-refractivity contribution is 0.0371. The van der Waals surface area contributed by atoms with Crippen molar-refractivity contribution in [2.24, 2.45) is 0 Å². The third-order valence-corrected chi connectivity index (χ3v) is 5.89. The van der Waals surface area contributed by atoms with Gasteiger partial charge in [-0.2, -0.15) is 0 Å². The van der Waals surface area contributed by atoms with Gasteiger partial charge < -0.3 is 14.3 Å². The number of ketones is 1. The summed E-state index contributed by atoms with van der Waals surface area (Å²) in [5, 5.41) is 10.4. The summed E-state index contributed by atoms with van der Waals surface area (Å²) in [6, 6.07) is 9.66. The Hall–Kier alpha value is -3.29. The number of rotatable bonds is 7. The van der Waals surface area contributed by atoms with Crippen LogP contribution >= 0.6 is 0 Å². The van der Waals surface area contributed by atoms with Crippen molar-refractivity contribution in [2.45, 2.75) is 19.8 Å². The second kappa shape index (κ2) is 9.46. The van der Waals surface area contributed by atoms with E-state index in [0.717, 1.165) is 39.3 Å². The molecule has 0 bridgehead atoms. The molecule has 1 fully saturated rings. The maximum atomic E-state index is 12.7. The van der Waals surface area contributed by atoms with Gasteiger partial charge >= 0.3 is 5.63 Å². The number of carbonyl (C=O) groups excluding carboxylic acids is 2. The van der Waals surface area contributed by atoms with Gasteiger partial charge in [-0.1, -0.05) is 24.3 Å². The van der Waals surface area contributed by atoms with Gasteiger partial charge in [0.05, 0.1) is 24.3 Å². The zero-order chi connectivity index (χ0) is 23.5. The average molecular weight is 436 g/mol. The predicted octanol–water partition coefficient (Wildman–Crippen LogP) is 3.58. The first-order valence-electron chi connectivity index (χ1n) is 11.1. The summed E-state index contributed by atoms with van der Waals surface area (Å²) in [5.74, 6) is -0.361. The third-order valence-electron chi connectivity index (χ3n) is 5.89. The quantitative estimate of drug-likeness (QED) is 0.343. The van der Waals surface area contributed by atoms with E-state index in [9.17, 15) is 19.5 Å². The van der Waals surface area contributed by atoms with E-state index in [2.05, 4.69) is 4.90 Å². The Morgan fingerprint density at radius 2 is 1.91 bits per heavy atom. The first-order chi connectivity index (χ1) is 15.9. The molecule has 1 saturated heterocycles. The lowest BCUT2D eigenvalue weighted by Gasteiger charge is -2.26. The maximum Gasteiger partial charge on any atom is 0.344 e. The molecule has 0 unspecified atom stereocenters. The molecule has 0 radical (unpaired) electrons. The number of hydrogen-bond donors (Lipinski definition) is 1. The number of morpholine rings is 1. The Morgan fingerprint density at radius 1 is 1.19 bits per heavy atom. The minimum absolute atomic E-state index is 0.0474. The summed E-state index contributed by atoms with van der Waals surface area (Å²) in [6.45, 7) is 5.84. The van der Waals surface area contributed by atoms with E-state index in [1.807, 2.05) is 0 Å². The predicted molar refractivity (Wildman–Crippen MR) is 121 cm³/mol. The monoisotopic (exact) mass is 436 g/mol. The molecule has 1 aliphatic rings. The molecule has 2 aromatic carbocycles. The summed E-state index contributed by atoms with van der Waals surface area (Å²) in [7, 11) is 0. The molecule has 1 aromatic heterocycles. The molecule has 0 saturated carbocycles. The molecule has 0 atom stereocenters. The van der Waals surface area contributed by atoms with Crippen molar-refractivity contribution in [2.75, 3.05) is 32.8 Å². The number of carbonyl (C=O) groups is 2. The van der Waals surface area contributed by atoms with Crippen LogP contribution in [0, 0.1) is 6.92 Å². The number of nitrogens with zero attached hydrogens (tertiary/aromatic N) is 1. The highest BCUT2D eigenvalue weighted by atomic mass is 16.5. The lowest BCUT2D eigenvalue weighted by atomic mass is 9.96. The van der Waals surface area contributed by atoms with Crippen LogP contribution in [0.4, 0.5) is 0 Å². The zero-order valence-electron chi connectivity index (χ0n) is 18.8. The van der Waals surface area contributed by atoms with Crippen molar-refractivity contribution in [3.05, 3.63) is 63.5 Å². The molecule has 7 heteroatoms. The van der Waals surface area contributed by atoms with E-state index in [0.29, 0.717) is 34.1 Å². The Kier molecular flexibility index (Phi) is 6.09. The number of aldehydes is 1. The molecule has 3 aromatic rings. The van der Waals surface area contributed by atoms with Gasteiger partial charge in [0.1, 0.15) is 7.12 Å². The molecule has 0 spiro atoms. The highest BCUT2D eigenvalue weighted by Crippen LogP contribution is 2.31. The fourth-order valence-electron chi connectivity index (χ4n) is 4.09. The van der Waals surface area contributed by atoms with Crippen molar-refractivity contribution < 1.29 is 25.2 Å². The molecule has 7 nitrogen and oxygen atoms in total. The van der Waals surface area contributed by atoms with Crippen LogP contribution in [-0.4, -0.2) is 54.9 Å². The van der Waals surface area contributed by atoms with Crippen molar-refractivity contribution in [1.29, 1.82) is 0 Å². The molecule has 4 rings (SSSR count). The number of phenolic OH excluding ortho intramolecular Hbond substituents is 1. The van der Waals surface area contributed by atoms with Gasteiger partial charge in [0, 0.05) is 30.5 Å². The van der Waals surface area contributed by atoms with Crippen LogP contribution in [0.2, 0.25) is 0 Å². The number of ether oxygens (including phenoxy) is 1. The van der Waals surface area contributed by atoms with Crippen LogP contribution in [-0.2, 0) is 4.74 Å². The highest BCUT2D eigenvalue weighted by molar-refractivity contribution is 6.00. The van der Waals surface area contributed by atoms with E-state index in [1.54, 1.807) is 37.3 Å². The van der Waals surface area contributed by atoms with Crippen LogP contribution in [0.3, 0.4) is 0 Å². The standard InChI is InChI=1S/C25H25NO6/c1-16-19-8-9-22(29)20(15-27)24(19)32-25(30)23(16)18-6-4-17(5-7-18)21(28)3-2-10-26-11-13-31-14-12-26/h4-9,15,29H,2-3,10-14H2,1H3/i15D. The van der Waals surface area contributed by atoms with Gasteiger partial charge in [-0.3, -0.25) is 14.5 Å². The molecule has 32 heavy (non-hydrogen) atoms. The van der Waals surface area contributed by atoms with Gasteiger partial charge in [-0.25, -0.2) is 4.79 Å². The van der Waals surface area contributed by atoms with Crippen LogP contribution < -0.4 is 5.63 Å². The van der Waals surface area contributed by atoms with E-state index >= 15 is 0 Å². The Balaban J connectivity index is 1.55. The summed E-state index contributed by atoms with van der Waals surface area (Å²) in [5.41, 5.74) is 0.912. The number of fused-ring (bicyclic) bond motifs is 1. The number of benzene rings is 2. The topological polar surface area (TPSA) is 97.0 Å². The summed E-state index contributed by atoms with van der Waals surface area (Å²) in [4.78, 5) is 39.3. The fraction of sp³-hybridized carbons (Fsp3) is 0.320. The first kappa shape index (κ1) is 20.6. The normalized spacial score (nSPS) is 15.0. The molecular formula is C25H25NO6. The summed E-state index contributed by atoms with van der Waals surface area (Å²) >= 11 is 0. The highest BCUT2D eigenvalue weighted by Gasteiger charge is 2.18. The van der Waals surface area contributed by atoms with E-state index in [-0.39, 0.29) is 16.9 Å². The molecule has 1 N–H and O–H groups in total. The SMILES string of the molecule is [2H]C(=O)c1c(O)ccc2c(C)c(-c3ccc(C(=O)CCCN4CCOCC4)cc3)c(=O)oc12. The maximum absolute atomic E-state index is 12.7. The van der Waals surface area contributed by atoms with Crippen LogP contribution in [0.5, 0.6) is 5.75 Å². The van der Waals surface area contributed by atoms with Gasteiger partial charge in [0.15, 0.2) is 17.6 Å². The first-order valence-corrected chi connectivity index (χ1v) is 10.6. The fourth-order valence-corrected chi connectivity index (χ4v) is 4.09. The Bertz CT molecular complexity index is 1260. The summed E-state index contributed by atoms with van der Waals surface area (Å²) in [6.07, 6.45) is 0.0870. The lowest BCUT2D eigenvalue weighted by Crippen LogP contribution is -2.36. The number of aryl methyl sites for hydroxylation is 1. The molecule has 0 aliphatic carbocycles. The minimum Gasteiger partial charge on any atom is -0.507 e. The van der Waals surface area contributed by atoms with E-state index in [4.69, 9.17) is 10.5 Å². The van der Waals surface area contributed by atoms with Crippen molar-refractivity contribution >= 4 is 23.0 Å². The Labute approximate surface area is 186 Å². The number of Topliss-reactive ketones (excluding diaryl/α,β-unsaturated/α-hetero) is 1. The van der Waals surface area contributed by atoms with Crippen molar-refractivity contribution in [1.82, 2.24) is 4.90 Å². The van der Waals surface area contributed by atoms with Gasteiger partial charge in [-0.15, -0.1) is 0 Å². The number of phenols is 1. The van der Waals surface area contributed by atoms with Gasteiger partial charge in [0.2, 0.25) is 0 Å². The van der Waals surface area contributed by atoms with E-state index in [1.165, 1.54) is 6.07 Å². The second-order valence-corrected chi connectivity index (χ2v) is 7.89. The molecule has 1 aliphatic heterocycles. The van der Waals surface area contributed by atoms with Gasteiger partial charge in [-0.05, 0) is 43.1 Å². The molecule has 2 heterocycles. The average Bonchev–Trinajstić information content (AvgIpc) is 2.79. The van der Waals surface area contributed by atoms with Crippen LogP contribution in [0.1, 0.15) is 40.5 Å². The van der Waals surface area contributed by atoms with Crippen LogP contribution in [0.15, 0.2) is 45.6 Å². The van der Waals surface area contributed by atoms with Crippen molar-refractivity contribution in [3.63, 3.8) is 0 Å². The number of aromatic hydroxyl groups is 1. The largest absolute Gasteiger partial charge is 0.507 e. The Morgan fingerprint density at radius 3 is 2.59 bits per heavy atom. The van der Waals surface area contributed by atoms with Crippen LogP contribution in [0.25, 0.3) is 22.1 Å². The second-order valence-electron chi connectivity index (χ2n) is 7.89. The smallest absolute Gasteiger partial charge is 0.344 e.